The summed E-state index contributed by atoms with van der Waals surface area (Å²) in [6.45, 7) is 5.90. The molecule has 4 heteroatoms. The Bertz CT molecular complexity index is 509. The highest BCUT2D eigenvalue weighted by Crippen LogP contribution is 2.57. The number of ether oxygens (including phenoxy) is 1. The molecule has 2 aliphatic rings. The Labute approximate surface area is 125 Å². The maximum absolute atomic E-state index is 12.4. The highest BCUT2D eigenvalue weighted by Gasteiger charge is 2.54. The van der Waals surface area contributed by atoms with Crippen LogP contribution in [-0.4, -0.2) is 18.4 Å². The molecule has 1 aromatic rings. The highest BCUT2D eigenvalue weighted by molar-refractivity contribution is 5.77. The van der Waals surface area contributed by atoms with Crippen LogP contribution in [0.2, 0.25) is 0 Å². The molecule has 2 fully saturated rings. The predicted molar refractivity (Wildman–Crippen MR) is 77.2 cm³/mol. The number of rotatable bonds is 5. The van der Waals surface area contributed by atoms with Gasteiger partial charge < -0.3 is 4.74 Å². The summed E-state index contributed by atoms with van der Waals surface area (Å²) in [6.07, 6.45) is 1.13. The van der Waals surface area contributed by atoms with Crippen molar-refractivity contribution in [2.45, 2.75) is 51.9 Å². The van der Waals surface area contributed by atoms with Gasteiger partial charge in [0, 0.05) is 0 Å². The van der Waals surface area contributed by atoms with Gasteiger partial charge in [-0.2, -0.15) is 4.89 Å². The maximum Gasteiger partial charge on any atom is 0.314 e. The van der Waals surface area contributed by atoms with E-state index in [0.717, 1.165) is 12.8 Å². The van der Waals surface area contributed by atoms with Crippen LogP contribution in [0, 0.1) is 11.3 Å². The van der Waals surface area contributed by atoms with Crippen LogP contribution in [0.1, 0.15) is 45.1 Å². The van der Waals surface area contributed by atoms with E-state index in [1.54, 1.807) is 0 Å². The summed E-state index contributed by atoms with van der Waals surface area (Å²) in [7, 11) is 0. The number of carbonyl (C=O) groups excluding carboxylic acids is 1. The van der Waals surface area contributed by atoms with Crippen molar-refractivity contribution in [1.29, 1.82) is 0 Å². The van der Waals surface area contributed by atoms with E-state index in [0.29, 0.717) is 11.8 Å². The van der Waals surface area contributed by atoms with Crippen LogP contribution in [0.3, 0.4) is 0 Å². The van der Waals surface area contributed by atoms with Crippen LogP contribution in [0.25, 0.3) is 0 Å². The van der Waals surface area contributed by atoms with Gasteiger partial charge >= 0.3 is 5.97 Å². The van der Waals surface area contributed by atoms with Crippen LogP contribution in [0.5, 0.6) is 0 Å². The lowest BCUT2D eigenvalue weighted by molar-refractivity contribution is -0.511. The van der Waals surface area contributed by atoms with Gasteiger partial charge in [-0.05, 0) is 44.1 Å². The van der Waals surface area contributed by atoms with Crippen molar-refractivity contribution in [2.75, 3.05) is 0 Å². The smallest absolute Gasteiger partial charge is 0.314 e. The summed E-state index contributed by atoms with van der Waals surface area (Å²) < 4.78 is 5.45. The molecule has 4 unspecified atom stereocenters. The molecule has 0 spiro atoms. The summed E-state index contributed by atoms with van der Waals surface area (Å²) in [5, 5.41) is 0. The number of carbonyl (C=O) groups is 1. The Morgan fingerprint density at radius 3 is 2.57 bits per heavy atom. The molecule has 1 saturated heterocycles. The van der Waals surface area contributed by atoms with E-state index < -0.39 is 11.7 Å². The highest BCUT2D eigenvalue weighted by atomic mass is 17.3. The first kappa shape index (κ1) is 14.5. The third-order valence-electron chi connectivity index (χ3n) is 4.67. The molecule has 114 valence electrons. The second-order valence-corrected chi connectivity index (χ2v) is 6.49. The fourth-order valence-electron chi connectivity index (χ4n) is 3.01. The van der Waals surface area contributed by atoms with Gasteiger partial charge in [0.1, 0.15) is 0 Å². The van der Waals surface area contributed by atoms with E-state index in [1.807, 2.05) is 39.0 Å². The van der Waals surface area contributed by atoms with Crippen molar-refractivity contribution in [2.24, 2.45) is 11.3 Å². The Morgan fingerprint density at radius 2 is 2.00 bits per heavy atom. The summed E-state index contributed by atoms with van der Waals surface area (Å²) in [6, 6.07) is 10.4. The molecular weight excluding hydrogens is 268 g/mol. The van der Waals surface area contributed by atoms with Gasteiger partial charge in [0.15, 0.2) is 6.10 Å². The summed E-state index contributed by atoms with van der Waals surface area (Å²) in [5.74, 6) is 0.584. The molecule has 4 atom stereocenters. The minimum atomic E-state index is -0.546. The van der Waals surface area contributed by atoms with Crippen molar-refractivity contribution in [1.82, 2.24) is 0 Å². The van der Waals surface area contributed by atoms with Crippen molar-refractivity contribution in [3.8, 4) is 0 Å². The number of hydrogen-bond acceptors (Lipinski definition) is 4. The lowest BCUT2D eigenvalue weighted by Crippen LogP contribution is -2.47. The molecule has 1 aromatic carbocycles. The predicted octanol–water partition coefficient (Wildman–Crippen LogP) is 3.43. The molecule has 0 aromatic heterocycles. The molecule has 1 aliphatic heterocycles. The van der Waals surface area contributed by atoms with Gasteiger partial charge in [-0.15, -0.1) is 0 Å². The van der Waals surface area contributed by atoms with Crippen molar-refractivity contribution >= 4 is 5.97 Å². The summed E-state index contributed by atoms with van der Waals surface area (Å²) in [5.41, 5.74) is 0.802. The Kier molecular flexibility index (Phi) is 3.76. The van der Waals surface area contributed by atoms with Crippen LogP contribution in [0.4, 0.5) is 0 Å². The standard InChI is InChI=1S/C17H22O4/c1-4-14-15(21-20-14)19-16(18)17(2,3)13-10-12(13)11-8-6-5-7-9-11/h5-9,12-15H,4,10H2,1-3H3. The monoisotopic (exact) mass is 290 g/mol. The third-order valence-corrected chi connectivity index (χ3v) is 4.67. The van der Waals surface area contributed by atoms with Crippen LogP contribution < -0.4 is 0 Å². The lowest BCUT2D eigenvalue weighted by atomic mass is 9.85. The van der Waals surface area contributed by atoms with Gasteiger partial charge in [0.2, 0.25) is 0 Å². The minimum Gasteiger partial charge on any atom is -0.429 e. The fraction of sp³-hybridized carbons (Fsp3) is 0.588. The third kappa shape index (κ3) is 2.70. The largest absolute Gasteiger partial charge is 0.429 e. The number of hydrogen-bond donors (Lipinski definition) is 0. The lowest BCUT2D eigenvalue weighted by Gasteiger charge is -2.35. The average molecular weight is 290 g/mol. The van der Waals surface area contributed by atoms with E-state index in [2.05, 4.69) is 12.1 Å². The molecule has 1 aliphatic carbocycles. The SMILES string of the molecule is CCC1OOC1OC(=O)C(C)(C)C1CC1c1ccccc1. The second-order valence-electron chi connectivity index (χ2n) is 6.49. The van der Waals surface area contributed by atoms with E-state index in [4.69, 9.17) is 14.5 Å². The van der Waals surface area contributed by atoms with Crippen LogP contribution >= 0.6 is 0 Å². The normalized spacial score (nSPS) is 31.4. The molecule has 1 heterocycles. The van der Waals surface area contributed by atoms with Crippen molar-refractivity contribution < 1.29 is 19.3 Å². The summed E-state index contributed by atoms with van der Waals surface area (Å²) in [4.78, 5) is 22.2. The van der Waals surface area contributed by atoms with E-state index >= 15 is 0 Å². The van der Waals surface area contributed by atoms with Gasteiger partial charge in [-0.3, -0.25) is 4.79 Å². The molecule has 4 nitrogen and oxygen atoms in total. The van der Waals surface area contributed by atoms with Gasteiger partial charge in [0.05, 0.1) is 5.41 Å². The molecule has 0 radical (unpaired) electrons. The first-order chi connectivity index (χ1) is 10.0. The van der Waals surface area contributed by atoms with Crippen LogP contribution in [-0.2, 0) is 19.3 Å². The Morgan fingerprint density at radius 1 is 1.29 bits per heavy atom. The van der Waals surface area contributed by atoms with Gasteiger partial charge in [-0.25, -0.2) is 4.89 Å². The topological polar surface area (TPSA) is 44.8 Å². The number of benzene rings is 1. The molecule has 21 heavy (non-hydrogen) atoms. The van der Waals surface area contributed by atoms with Crippen molar-refractivity contribution in [3.63, 3.8) is 0 Å². The van der Waals surface area contributed by atoms with Crippen molar-refractivity contribution in [3.05, 3.63) is 35.9 Å². The molecule has 1 saturated carbocycles. The van der Waals surface area contributed by atoms with E-state index in [-0.39, 0.29) is 12.1 Å². The average Bonchev–Trinajstić information content (AvgIpc) is 3.26. The second kappa shape index (κ2) is 5.43. The fourth-order valence-corrected chi connectivity index (χ4v) is 3.01. The summed E-state index contributed by atoms with van der Waals surface area (Å²) >= 11 is 0. The Hall–Kier alpha value is -1.39. The molecule has 0 bridgehead atoms. The van der Waals surface area contributed by atoms with Crippen LogP contribution in [0.15, 0.2) is 30.3 Å². The molecule has 3 rings (SSSR count). The van der Waals surface area contributed by atoms with E-state index in [1.165, 1.54) is 5.56 Å². The van der Waals surface area contributed by atoms with Gasteiger partial charge in [0.25, 0.3) is 6.29 Å². The quantitative estimate of drug-likeness (QED) is 0.615. The minimum absolute atomic E-state index is 0.131. The molecular formula is C17H22O4. The zero-order valence-corrected chi connectivity index (χ0v) is 12.7. The first-order valence-electron chi connectivity index (χ1n) is 7.62. The van der Waals surface area contributed by atoms with E-state index in [9.17, 15) is 4.79 Å². The number of esters is 1. The van der Waals surface area contributed by atoms with Gasteiger partial charge in [-0.1, -0.05) is 37.3 Å². The molecule has 0 amide bonds. The Balaban J connectivity index is 1.61. The molecule has 0 N–H and O–H groups in total. The zero-order chi connectivity index (χ0) is 15.0. The first-order valence-corrected chi connectivity index (χ1v) is 7.62. The zero-order valence-electron chi connectivity index (χ0n) is 12.7. The maximum atomic E-state index is 12.4.